The third kappa shape index (κ3) is 6.41. The molecule has 2 aliphatic heterocycles. The van der Waals surface area contributed by atoms with E-state index in [1.165, 1.54) is 18.2 Å². The van der Waals surface area contributed by atoms with Gasteiger partial charge in [-0.3, -0.25) is 14.5 Å². The van der Waals surface area contributed by atoms with Crippen LogP contribution in [0.1, 0.15) is 37.8 Å². The van der Waals surface area contributed by atoms with Gasteiger partial charge in [0.05, 0.1) is 10.6 Å². The third-order valence-corrected chi connectivity index (χ3v) is 8.62. The molecule has 2 amide bonds. The van der Waals surface area contributed by atoms with Gasteiger partial charge in [0.25, 0.3) is 0 Å². The van der Waals surface area contributed by atoms with Gasteiger partial charge in [-0.1, -0.05) is 17.7 Å². The maximum absolute atomic E-state index is 13.5. The van der Waals surface area contributed by atoms with Gasteiger partial charge in [0.2, 0.25) is 10.0 Å². The van der Waals surface area contributed by atoms with Crippen molar-refractivity contribution in [1.29, 1.82) is 0 Å². The zero-order valence-electron chi connectivity index (χ0n) is 21.7. The Morgan fingerprint density at radius 1 is 0.951 bits per heavy atom. The van der Waals surface area contributed by atoms with Crippen LogP contribution in [0.3, 0.4) is 0 Å². The van der Waals surface area contributed by atoms with Crippen molar-refractivity contribution in [3.05, 3.63) is 41.5 Å². The summed E-state index contributed by atoms with van der Waals surface area (Å²) in [4.78, 5) is 24.9. The number of sulfonamides is 1. The first-order chi connectivity index (χ1) is 18.9. The Bertz CT molecular complexity index is 1480. The molecule has 0 saturated carbocycles. The van der Waals surface area contributed by atoms with Gasteiger partial charge in [-0.25, -0.2) is 13.1 Å². The number of hydrogen-bond acceptors (Lipinski definition) is 5. The van der Waals surface area contributed by atoms with E-state index in [1.807, 2.05) is 0 Å². The Labute approximate surface area is 236 Å². The van der Waals surface area contributed by atoms with Crippen LogP contribution in [0, 0.1) is 0 Å². The molecule has 0 saturated heterocycles. The SMILES string of the molecule is CC(C)NS(=O)(=O)c1cc(Nc2ccc3c(c2)N(C(=O)C(F)(F)F)CCC3)cc2c1CCC(Cl)N2C(=O)C(F)(F)F. The fourth-order valence-electron chi connectivity index (χ4n) is 4.88. The number of benzene rings is 2. The predicted molar refractivity (Wildman–Crippen MR) is 140 cm³/mol. The van der Waals surface area contributed by atoms with Crippen LogP contribution < -0.4 is 19.8 Å². The van der Waals surface area contributed by atoms with Crippen LogP contribution in [0.2, 0.25) is 0 Å². The van der Waals surface area contributed by atoms with Crippen molar-refractivity contribution in [3.8, 4) is 0 Å². The average Bonchev–Trinajstić information content (AvgIpc) is 2.85. The Balaban J connectivity index is 1.84. The van der Waals surface area contributed by atoms with E-state index in [-0.39, 0.29) is 57.5 Å². The second kappa shape index (κ2) is 11.0. The van der Waals surface area contributed by atoms with Gasteiger partial charge >= 0.3 is 24.2 Å². The monoisotopic (exact) mass is 626 g/mol. The van der Waals surface area contributed by atoms with E-state index in [2.05, 4.69) is 10.0 Å². The fourth-order valence-corrected chi connectivity index (χ4v) is 6.75. The summed E-state index contributed by atoms with van der Waals surface area (Å²) in [5.74, 6) is -4.34. The van der Waals surface area contributed by atoms with Crippen LogP contribution in [0.4, 0.5) is 49.1 Å². The highest BCUT2D eigenvalue weighted by Crippen LogP contribution is 2.42. The number of amides is 2. The highest BCUT2D eigenvalue weighted by molar-refractivity contribution is 7.89. The molecule has 41 heavy (non-hydrogen) atoms. The summed E-state index contributed by atoms with van der Waals surface area (Å²) in [6.07, 6.45) is -9.92. The molecule has 0 radical (unpaired) electrons. The van der Waals surface area contributed by atoms with Gasteiger partial charge in [-0.15, -0.1) is 0 Å². The molecule has 0 aromatic heterocycles. The van der Waals surface area contributed by atoms with E-state index >= 15 is 0 Å². The van der Waals surface area contributed by atoms with Crippen molar-refractivity contribution in [2.75, 3.05) is 21.7 Å². The van der Waals surface area contributed by atoms with E-state index < -0.39 is 45.7 Å². The first-order valence-corrected chi connectivity index (χ1v) is 14.3. The first kappa shape index (κ1) is 30.9. The Hall–Kier alpha value is -3.04. The highest BCUT2D eigenvalue weighted by Gasteiger charge is 2.47. The van der Waals surface area contributed by atoms with E-state index in [9.17, 15) is 44.3 Å². The number of anilines is 4. The molecule has 2 aromatic carbocycles. The van der Waals surface area contributed by atoms with Crippen LogP contribution in [-0.2, 0) is 32.5 Å². The number of carbonyl (C=O) groups is 2. The molecule has 8 nitrogen and oxygen atoms in total. The number of nitrogens with one attached hydrogen (secondary N) is 2. The van der Waals surface area contributed by atoms with E-state index in [0.717, 1.165) is 12.1 Å². The number of fused-ring (bicyclic) bond motifs is 2. The Morgan fingerprint density at radius 3 is 2.20 bits per heavy atom. The van der Waals surface area contributed by atoms with Gasteiger partial charge in [0.15, 0.2) is 0 Å². The molecule has 224 valence electrons. The zero-order chi connectivity index (χ0) is 30.5. The summed E-state index contributed by atoms with van der Waals surface area (Å²) in [5, 5.41) is 2.81. The van der Waals surface area contributed by atoms with Crippen LogP contribution in [0.25, 0.3) is 0 Å². The van der Waals surface area contributed by atoms with Gasteiger partial charge in [-0.05, 0) is 74.9 Å². The molecule has 16 heteroatoms. The summed E-state index contributed by atoms with van der Waals surface area (Å²) in [7, 11) is -4.30. The second-order valence-electron chi connectivity index (χ2n) is 9.92. The molecule has 1 unspecified atom stereocenters. The van der Waals surface area contributed by atoms with Crippen molar-refractivity contribution in [2.45, 2.75) is 68.3 Å². The number of alkyl halides is 7. The number of aryl methyl sites for hydroxylation is 1. The number of halogens is 7. The van der Waals surface area contributed by atoms with Crippen LogP contribution in [0.5, 0.6) is 0 Å². The predicted octanol–water partition coefficient (Wildman–Crippen LogP) is 5.36. The fraction of sp³-hybridized carbons (Fsp3) is 0.440. The summed E-state index contributed by atoms with van der Waals surface area (Å²) in [6.45, 7) is 2.91. The van der Waals surface area contributed by atoms with E-state index in [4.69, 9.17) is 11.6 Å². The Kier molecular flexibility index (Phi) is 8.28. The molecule has 0 spiro atoms. The second-order valence-corrected chi connectivity index (χ2v) is 12.1. The molecule has 2 N–H and O–H groups in total. The molecule has 0 fully saturated rings. The number of nitrogens with zero attached hydrogens (tertiary/aromatic N) is 2. The molecular weight excluding hydrogens is 602 g/mol. The van der Waals surface area contributed by atoms with Gasteiger partial charge in [-0.2, -0.15) is 26.3 Å². The van der Waals surface area contributed by atoms with E-state index in [1.54, 1.807) is 13.8 Å². The molecule has 0 aliphatic carbocycles. The van der Waals surface area contributed by atoms with Crippen LogP contribution in [-0.4, -0.2) is 50.7 Å². The minimum absolute atomic E-state index is 0.00875. The average molecular weight is 627 g/mol. The molecular formula is C25H25ClF6N4O4S. The quantitative estimate of drug-likeness (QED) is 0.264. The Morgan fingerprint density at radius 2 is 1.59 bits per heavy atom. The molecule has 2 aromatic rings. The van der Waals surface area contributed by atoms with E-state index in [0.29, 0.717) is 23.3 Å². The minimum atomic E-state index is -5.31. The lowest BCUT2D eigenvalue weighted by Gasteiger charge is -2.35. The molecule has 2 heterocycles. The maximum Gasteiger partial charge on any atom is 0.471 e. The normalized spacial score (nSPS) is 17.8. The minimum Gasteiger partial charge on any atom is -0.355 e. The lowest BCUT2D eigenvalue weighted by Crippen LogP contribution is -2.48. The van der Waals surface area contributed by atoms with Crippen molar-refractivity contribution in [2.24, 2.45) is 0 Å². The largest absolute Gasteiger partial charge is 0.471 e. The highest BCUT2D eigenvalue weighted by atomic mass is 35.5. The number of rotatable bonds is 5. The lowest BCUT2D eigenvalue weighted by molar-refractivity contribution is -0.170. The molecule has 0 bridgehead atoms. The number of carbonyl (C=O) groups excluding carboxylic acids is 2. The van der Waals surface area contributed by atoms with Crippen molar-refractivity contribution in [1.82, 2.24) is 4.72 Å². The molecule has 2 aliphatic rings. The van der Waals surface area contributed by atoms with Gasteiger partial charge in [0.1, 0.15) is 5.50 Å². The van der Waals surface area contributed by atoms with Crippen molar-refractivity contribution < 1.29 is 44.3 Å². The van der Waals surface area contributed by atoms with Crippen LogP contribution >= 0.6 is 11.6 Å². The summed E-state index contributed by atoms with van der Waals surface area (Å²) >= 11 is 6.13. The first-order valence-electron chi connectivity index (χ1n) is 12.4. The standard InChI is InChI=1S/C25H25ClF6N4O4S/c1-13(2)34-41(39,40)20-12-16(11-19-17(20)7-8-21(26)36(19)23(38)25(30,31)32)33-15-6-5-14-4-3-9-35(18(14)10-15)22(37)24(27,28)29/h5-6,10-13,21,33-34H,3-4,7-9H2,1-2H3. The zero-order valence-corrected chi connectivity index (χ0v) is 23.2. The van der Waals surface area contributed by atoms with Gasteiger partial charge < -0.3 is 10.2 Å². The lowest BCUT2D eigenvalue weighted by atomic mass is 9.99. The summed E-state index contributed by atoms with van der Waals surface area (Å²) < 4.78 is 109. The smallest absolute Gasteiger partial charge is 0.355 e. The number of hydrogen-bond donors (Lipinski definition) is 2. The topological polar surface area (TPSA) is 98.8 Å². The molecule has 1 atom stereocenters. The maximum atomic E-state index is 13.5. The molecule has 4 rings (SSSR count). The summed E-state index contributed by atoms with van der Waals surface area (Å²) in [5.41, 5.74) is -1.34. The van der Waals surface area contributed by atoms with Crippen molar-refractivity contribution in [3.63, 3.8) is 0 Å². The van der Waals surface area contributed by atoms with Gasteiger partial charge in [0, 0.05) is 29.6 Å². The van der Waals surface area contributed by atoms with Crippen molar-refractivity contribution >= 4 is 56.2 Å². The summed E-state index contributed by atoms with van der Waals surface area (Å²) in [6, 6.07) is 5.94. The van der Waals surface area contributed by atoms with Crippen LogP contribution in [0.15, 0.2) is 35.2 Å². The third-order valence-electron chi connectivity index (χ3n) is 6.48.